The van der Waals surface area contributed by atoms with E-state index in [0.717, 1.165) is 18.4 Å². The van der Waals surface area contributed by atoms with Crippen LogP contribution in [0.25, 0.3) is 11.0 Å². The third kappa shape index (κ3) is 2.42. The first-order chi connectivity index (χ1) is 9.21. The average Bonchev–Trinajstić information content (AvgIpc) is 3.02. The van der Waals surface area contributed by atoms with Crippen LogP contribution in [-0.2, 0) is 0 Å². The number of fused-ring (bicyclic) bond motifs is 1. The molecule has 3 rings (SSSR count). The van der Waals surface area contributed by atoms with Crippen LogP contribution >= 0.6 is 0 Å². The van der Waals surface area contributed by atoms with Crippen molar-refractivity contribution in [2.45, 2.75) is 25.7 Å². The molecule has 4 nitrogen and oxygen atoms in total. The fourth-order valence-corrected chi connectivity index (χ4v) is 2.85. The molecule has 3 N–H and O–H groups in total. The summed E-state index contributed by atoms with van der Waals surface area (Å²) in [7, 11) is 0. The zero-order valence-electron chi connectivity index (χ0n) is 10.7. The van der Waals surface area contributed by atoms with Crippen molar-refractivity contribution in [1.82, 2.24) is 9.97 Å². The molecule has 0 atom stereocenters. The molecule has 1 aliphatic rings. The largest absolute Gasteiger partial charge is 0.396 e. The van der Waals surface area contributed by atoms with E-state index >= 15 is 0 Å². The molecule has 0 amide bonds. The number of H-pyrrole nitrogens is 1. The molecule has 2 aromatic rings. The maximum absolute atomic E-state index is 13.1. The van der Waals surface area contributed by atoms with Crippen molar-refractivity contribution in [3.8, 4) is 0 Å². The summed E-state index contributed by atoms with van der Waals surface area (Å²) >= 11 is 0. The molecule has 1 aromatic heterocycles. The minimum Gasteiger partial charge on any atom is -0.396 e. The van der Waals surface area contributed by atoms with Crippen LogP contribution in [0.5, 0.6) is 0 Å². The minimum atomic E-state index is -0.273. The molecule has 102 valence electrons. The van der Waals surface area contributed by atoms with Crippen LogP contribution in [-0.4, -0.2) is 28.2 Å². The summed E-state index contributed by atoms with van der Waals surface area (Å²) in [6.07, 6.45) is 4.44. The molecule has 1 aliphatic carbocycles. The van der Waals surface area contributed by atoms with Crippen LogP contribution in [0.3, 0.4) is 0 Å². The van der Waals surface area contributed by atoms with Crippen molar-refractivity contribution in [1.29, 1.82) is 0 Å². The minimum absolute atomic E-state index is 0.0236. The normalized spacial score (nSPS) is 18.0. The van der Waals surface area contributed by atoms with Crippen LogP contribution in [0, 0.1) is 11.2 Å². The number of hydrogen-bond acceptors (Lipinski definition) is 3. The lowest BCUT2D eigenvalue weighted by Crippen LogP contribution is -2.30. The molecule has 19 heavy (non-hydrogen) atoms. The fourth-order valence-electron chi connectivity index (χ4n) is 2.85. The number of aliphatic hydroxyl groups excluding tert-OH is 1. The van der Waals surface area contributed by atoms with E-state index in [1.165, 1.54) is 25.0 Å². The molecule has 0 saturated heterocycles. The van der Waals surface area contributed by atoms with E-state index < -0.39 is 0 Å². The van der Waals surface area contributed by atoms with E-state index in [9.17, 15) is 9.50 Å². The smallest absolute Gasteiger partial charge is 0.201 e. The molecule has 1 heterocycles. The first-order valence-corrected chi connectivity index (χ1v) is 6.71. The van der Waals surface area contributed by atoms with Crippen LogP contribution in [0.2, 0.25) is 0 Å². The summed E-state index contributed by atoms with van der Waals surface area (Å²) in [5.74, 6) is 0.366. The lowest BCUT2D eigenvalue weighted by molar-refractivity contribution is 0.142. The number of nitrogens with zero attached hydrogens (tertiary/aromatic N) is 1. The Kier molecular flexibility index (Phi) is 3.14. The zero-order valence-corrected chi connectivity index (χ0v) is 10.7. The molecule has 0 bridgehead atoms. The molecule has 1 fully saturated rings. The number of aromatic nitrogens is 2. The first kappa shape index (κ1) is 12.4. The number of rotatable bonds is 4. The number of aliphatic hydroxyl groups is 1. The summed E-state index contributed by atoms with van der Waals surface area (Å²) in [6.45, 7) is 0.903. The van der Waals surface area contributed by atoms with E-state index in [-0.39, 0.29) is 17.8 Å². The van der Waals surface area contributed by atoms with Crippen molar-refractivity contribution in [2.75, 3.05) is 18.5 Å². The van der Waals surface area contributed by atoms with Gasteiger partial charge in [0.25, 0.3) is 0 Å². The van der Waals surface area contributed by atoms with E-state index in [4.69, 9.17) is 0 Å². The van der Waals surface area contributed by atoms with Crippen LogP contribution in [0.15, 0.2) is 18.2 Å². The molecular weight excluding hydrogens is 245 g/mol. The van der Waals surface area contributed by atoms with Crippen LogP contribution in [0.4, 0.5) is 10.3 Å². The number of anilines is 1. The SMILES string of the molecule is OCC1(CNc2nc3ccc(F)cc3[nH]2)CCCC1. The summed E-state index contributed by atoms with van der Waals surface area (Å²) in [5.41, 5.74) is 1.41. The summed E-state index contributed by atoms with van der Waals surface area (Å²) < 4.78 is 13.1. The number of imidazole rings is 1. The van der Waals surface area contributed by atoms with Gasteiger partial charge in [0.05, 0.1) is 17.6 Å². The Morgan fingerprint density at radius 2 is 2.16 bits per heavy atom. The van der Waals surface area contributed by atoms with E-state index in [1.54, 1.807) is 6.07 Å². The maximum Gasteiger partial charge on any atom is 0.201 e. The van der Waals surface area contributed by atoms with Crippen molar-refractivity contribution >= 4 is 17.0 Å². The van der Waals surface area contributed by atoms with Crippen molar-refractivity contribution < 1.29 is 9.50 Å². The number of benzene rings is 1. The predicted octanol–water partition coefficient (Wildman–Crippen LogP) is 2.67. The highest BCUT2D eigenvalue weighted by molar-refractivity contribution is 5.77. The Balaban J connectivity index is 1.74. The molecule has 0 unspecified atom stereocenters. The Hall–Kier alpha value is -1.62. The van der Waals surface area contributed by atoms with Crippen LogP contribution in [0.1, 0.15) is 25.7 Å². The second-order valence-corrected chi connectivity index (χ2v) is 5.47. The highest BCUT2D eigenvalue weighted by atomic mass is 19.1. The topological polar surface area (TPSA) is 60.9 Å². The number of aromatic amines is 1. The second-order valence-electron chi connectivity index (χ2n) is 5.47. The highest BCUT2D eigenvalue weighted by Gasteiger charge is 2.33. The van der Waals surface area contributed by atoms with Gasteiger partial charge in [0.2, 0.25) is 5.95 Å². The van der Waals surface area contributed by atoms with Crippen molar-refractivity contribution in [3.63, 3.8) is 0 Å². The number of nitrogens with one attached hydrogen (secondary N) is 2. The van der Waals surface area contributed by atoms with E-state index in [2.05, 4.69) is 15.3 Å². The molecule has 0 radical (unpaired) electrons. The van der Waals surface area contributed by atoms with Gasteiger partial charge in [-0.15, -0.1) is 0 Å². The Morgan fingerprint density at radius 1 is 1.37 bits per heavy atom. The first-order valence-electron chi connectivity index (χ1n) is 6.71. The second kappa shape index (κ2) is 4.81. The Bertz CT molecular complexity index is 575. The monoisotopic (exact) mass is 263 g/mol. The third-order valence-corrected chi connectivity index (χ3v) is 4.07. The third-order valence-electron chi connectivity index (χ3n) is 4.07. The van der Waals surface area contributed by atoms with Crippen molar-refractivity contribution in [3.05, 3.63) is 24.0 Å². The highest BCUT2D eigenvalue weighted by Crippen LogP contribution is 2.37. The van der Waals surface area contributed by atoms with Gasteiger partial charge >= 0.3 is 0 Å². The Labute approximate surface area is 111 Å². The van der Waals surface area contributed by atoms with Crippen LogP contribution < -0.4 is 5.32 Å². The molecule has 1 aromatic carbocycles. The van der Waals surface area contributed by atoms with Crippen molar-refractivity contribution in [2.24, 2.45) is 5.41 Å². The van der Waals surface area contributed by atoms with Gasteiger partial charge in [-0.2, -0.15) is 0 Å². The summed E-state index contributed by atoms with van der Waals surface area (Å²) in [4.78, 5) is 7.42. The van der Waals surface area contributed by atoms with Gasteiger partial charge in [-0.1, -0.05) is 12.8 Å². The van der Waals surface area contributed by atoms with Gasteiger partial charge in [-0.25, -0.2) is 9.37 Å². The van der Waals surface area contributed by atoms with Gasteiger partial charge in [-0.3, -0.25) is 0 Å². The summed E-state index contributed by atoms with van der Waals surface area (Å²) in [5, 5.41) is 12.8. The van der Waals surface area contributed by atoms with Gasteiger partial charge in [0.1, 0.15) is 5.82 Å². The van der Waals surface area contributed by atoms with Gasteiger partial charge in [0.15, 0.2) is 0 Å². The predicted molar refractivity (Wildman–Crippen MR) is 72.5 cm³/mol. The van der Waals surface area contributed by atoms with Gasteiger partial charge in [0, 0.05) is 12.0 Å². The van der Waals surface area contributed by atoms with Gasteiger partial charge < -0.3 is 15.4 Å². The molecular formula is C14H18FN3O. The lowest BCUT2D eigenvalue weighted by atomic mass is 9.87. The maximum atomic E-state index is 13.1. The van der Waals surface area contributed by atoms with E-state index in [1.807, 2.05) is 0 Å². The lowest BCUT2D eigenvalue weighted by Gasteiger charge is -2.26. The molecule has 0 spiro atoms. The van der Waals surface area contributed by atoms with Gasteiger partial charge in [-0.05, 0) is 31.0 Å². The number of hydrogen-bond donors (Lipinski definition) is 3. The molecule has 5 heteroatoms. The average molecular weight is 263 g/mol. The molecule has 0 aliphatic heterocycles. The number of halogens is 1. The van der Waals surface area contributed by atoms with E-state index in [0.29, 0.717) is 18.0 Å². The summed E-state index contributed by atoms with van der Waals surface area (Å²) in [6, 6.07) is 4.49. The molecule has 1 saturated carbocycles. The quantitative estimate of drug-likeness (QED) is 0.794. The standard InChI is InChI=1S/C14H18FN3O/c15-10-3-4-11-12(7-10)18-13(17-11)16-8-14(9-19)5-1-2-6-14/h3-4,7,19H,1-2,5-6,8-9H2,(H2,16,17,18). The fraction of sp³-hybridized carbons (Fsp3) is 0.500. The Morgan fingerprint density at radius 3 is 2.89 bits per heavy atom. The zero-order chi connectivity index (χ0) is 13.3.